The lowest BCUT2D eigenvalue weighted by molar-refractivity contribution is 0.0974. The van der Waals surface area contributed by atoms with E-state index in [4.69, 9.17) is 11.6 Å². The molecule has 120 valence electrons. The van der Waals surface area contributed by atoms with Crippen LogP contribution in [-0.2, 0) is 0 Å². The predicted octanol–water partition coefficient (Wildman–Crippen LogP) is 6.88. The minimum absolute atomic E-state index is 0.0521. The minimum Gasteiger partial charge on any atom is -0.293 e. The Hall–Kier alpha value is -1.42. The summed E-state index contributed by atoms with van der Waals surface area (Å²) < 4.78 is 1.97. The topological polar surface area (TPSA) is 17.1 Å². The average Bonchev–Trinajstić information content (AvgIpc) is 2.59. The van der Waals surface area contributed by atoms with Gasteiger partial charge in [0, 0.05) is 19.5 Å². The van der Waals surface area contributed by atoms with Crippen molar-refractivity contribution >= 4 is 49.2 Å². The van der Waals surface area contributed by atoms with Gasteiger partial charge in [-0.2, -0.15) is 0 Å². The summed E-state index contributed by atoms with van der Waals surface area (Å²) in [6, 6.07) is 22.8. The van der Waals surface area contributed by atoms with E-state index in [1.807, 2.05) is 48.5 Å². The van der Waals surface area contributed by atoms with Crippen molar-refractivity contribution in [1.29, 1.82) is 0 Å². The molecule has 0 N–H and O–H groups in total. The van der Waals surface area contributed by atoms with Gasteiger partial charge in [-0.1, -0.05) is 67.7 Å². The second-order valence-corrected chi connectivity index (χ2v) is 7.68. The highest BCUT2D eigenvalue weighted by Gasteiger charge is 2.24. The normalized spacial score (nSPS) is 10.8. The Morgan fingerprint density at radius 2 is 1.12 bits per heavy atom. The van der Waals surface area contributed by atoms with Crippen molar-refractivity contribution in [3.63, 3.8) is 0 Å². The molecule has 4 heteroatoms. The molecule has 0 bridgehead atoms. The molecule has 0 aromatic heterocycles. The van der Waals surface area contributed by atoms with E-state index in [0.717, 1.165) is 20.1 Å². The molecular weight excluding hydrogens is 451 g/mol. The van der Waals surface area contributed by atoms with Crippen LogP contribution in [0, 0.1) is 0 Å². The van der Waals surface area contributed by atoms with E-state index >= 15 is 0 Å². The number of benzene rings is 3. The fraction of sp³-hybridized carbons (Fsp3) is 0.0500. The third-order valence-corrected chi connectivity index (χ3v) is 5.11. The summed E-state index contributed by atoms with van der Waals surface area (Å²) in [6.45, 7) is 0. The zero-order valence-corrected chi connectivity index (χ0v) is 16.5. The maximum absolute atomic E-state index is 13.2. The van der Waals surface area contributed by atoms with E-state index in [-0.39, 0.29) is 11.7 Å². The van der Waals surface area contributed by atoms with Crippen LogP contribution in [0.4, 0.5) is 0 Å². The van der Waals surface area contributed by atoms with Crippen LogP contribution in [-0.4, -0.2) is 5.78 Å². The summed E-state index contributed by atoms with van der Waals surface area (Å²) in [5.41, 5.74) is 2.57. The molecule has 0 saturated heterocycles. The number of rotatable bonds is 4. The monoisotopic (exact) mass is 462 g/mol. The molecule has 0 fully saturated rings. The fourth-order valence-corrected chi connectivity index (χ4v) is 3.24. The minimum atomic E-state index is -0.354. The molecule has 0 heterocycles. The quantitative estimate of drug-likeness (QED) is 0.385. The van der Waals surface area contributed by atoms with Gasteiger partial charge in [0.05, 0.1) is 5.92 Å². The predicted molar refractivity (Wildman–Crippen MR) is 106 cm³/mol. The third-order valence-electron chi connectivity index (χ3n) is 3.80. The summed E-state index contributed by atoms with van der Waals surface area (Å²) in [6.07, 6.45) is 0. The van der Waals surface area contributed by atoms with Gasteiger partial charge in [-0.05, 0) is 59.7 Å². The molecule has 0 aliphatic rings. The van der Waals surface area contributed by atoms with E-state index in [0.29, 0.717) is 10.6 Å². The van der Waals surface area contributed by atoms with Crippen molar-refractivity contribution < 1.29 is 4.79 Å². The first kappa shape index (κ1) is 17.4. The molecule has 3 aromatic carbocycles. The fourth-order valence-electron chi connectivity index (χ4n) is 2.59. The van der Waals surface area contributed by atoms with Crippen LogP contribution in [0.25, 0.3) is 0 Å². The maximum Gasteiger partial charge on any atom is 0.174 e. The van der Waals surface area contributed by atoms with E-state index < -0.39 is 0 Å². The molecule has 3 aromatic rings. The van der Waals surface area contributed by atoms with Gasteiger partial charge in [0.1, 0.15) is 0 Å². The van der Waals surface area contributed by atoms with Crippen LogP contribution < -0.4 is 0 Å². The Morgan fingerprint density at radius 1 is 0.708 bits per heavy atom. The van der Waals surface area contributed by atoms with Crippen LogP contribution in [0.3, 0.4) is 0 Å². The average molecular weight is 465 g/mol. The summed E-state index contributed by atoms with van der Waals surface area (Å²) in [5.74, 6) is -0.302. The summed E-state index contributed by atoms with van der Waals surface area (Å²) >= 11 is 12.8. The van der Waals surface area contributed by atoms with Crippen molar-refractivity contribution in [1.82, 2.24) is 0 Å². The SMILES string of the molecule is O=C(c1ccc(Cl)cc1)C(c1ccc(Br)cc1)c1ccc(Br)cc1. The van der Waals surface area contributed by atoms with Crippen molar-refractivity contribution in [2.24, 2.45) is 0 Å². The van der Waals surface area contributed by atoms with Gasteiger partial charge in [-0.25, -0.2) is 0 Å². The molecule has 0 radical (unpaired) electrons. The number of hydrogen-bond acceptors (Lipinski definition) is 1. The molecule has 0 spiro atoms. The molecule has 24 heavy (non-hydrogen) atoms. The van der Waals surface area contributed by atoms with Crippen molar-refractivity contribution in [2.45, 2.75) is 5.92 Å². The first-order valence-electron chi connectivity index (χ1n) is 7.35. The first-order chi connectivity index (χ1) is 11.5. The number of carbonyl (C=O) groups excluding carboxylic acids is 1. The van der Waals surface area contributed by atoms with E-state index in [9.17, 15) is 4.79 Å². The highest BCUT2D eigenvalue weighted by atomic mass is 79.9. The lowest BCUT2D eigenvalue weighted by Gasteiger charge is -2.17. The Bertz CT molecular complexity index is 795. The smallest absolute Gasteiger partial charge is 0.174 e. The van der Waals surface area contributed by atoms with E-state index in [2.05, 4.69) is 31.9 Å². The van der Waals surface area contributed by atoms with Crippen LogP contribution >= 0.6 is 43.5 Å². The highest BCUT2D eigenvalue weighted by molar-refractivity contribution is 9.10. The van der Waals surface area contributed by atoms with Crippen molar-refractivity contribution in [3.8, 4) is 0 Å². The van der Waals surface area contributed by atoms with E-state index in [1.165, 1.54) is 0 Å². The number of Topliss-reactive ketones (excluding diaryl/α,β-unsaturated/α-hetero) is 1. The summed E-state index contributed by atoms with van der Waals surface area (Å²) in [5, 5.41) is 0.621. The number of halogens is 3. The number of ketones is 1. The maximum atomic E-state index is 13.2. The van der Waals surface area contributed by atoms with Crippen LogP contribution in [0.1, 0.15) is 27.4 Å². The highest BCUT2D eigenvalue weighted by Crippen LogP contribution is 2.30. The Morgan fingerprint density at radius 3 is 1.54 bits per heavy atom. The molecule has 0 unspecified atom stereocenters. The molecule has 0 aliphatic heterocycles. The van der Waals surface area contributed by atoms with Gasteiger partial charge in [0.15, 0.2) is 5.78 Å². The molecule has 0 saturated carbocycles. The van der Waals surface area contributed by atoms with Gasteiger partial charge in [0.2, 0.25) is 0 Å². The Balaban J connectivity index is 2.07. The Kier molecular flexibility index (Phi) is 5.54. The second-order valence-electron chi connectivity index (χ2n) is 5.41. The number of hydrogen-bond donors (Lipinski definition) is 0. The standard InChI is InChI=1S/C20H13Br2ClO/c21-16-7-1-13(2-8-16)19(14-3-9-17(22)10-4-14)20(24)15-5-11-18(23)12-6-15/h1-12,19H. The zero-order valence-electron chi connectivity index (χ0n) is 12.5. The van der Waals surface area contributed by atoms with Crippen LogP contribution in [0.15, 0.2) is 81.7 Å². The van der Waals surface area contributed by atoms with E-state index in [1.54, 1.807) is 24.3 Å². The largest absolute Gasteiger partial charge is 0.293 e. The van der Waals surface area contributed by atoms with Gasteiger partial charge in [0.25, 0.3) is 0 Å². The Labute approximate surface area is 162 Å². The molecule has 0 amide bonds. The van der Waals surface area contributed by atoms with Gasteiger partial charge < -0.3 is 0 Å². The summed E-state index contributed by atoms with van der Waals surface area (Å²) in [7, 11) is 0. The molecular formula is C20H13Br2ClO. The molecule has 0 atom stereocenters. The number of carbonyl (C=O) groups is 1. The molecule has 1 nitrogen and oxygen atoms in total. The van der Waals surface area contributed by atoms with Crippen molar-refractivity contribution in [2.75, 3.05) is 0 Å². The van der Waals surface area contributed by atoms with Crippen LogP contribution in [0.5, 0.6) is 0 Å². The van der Waals surface area contributed by atoms with Crippen LogP contribution in [0.2, 0.25) is 5.02 Å². The van der Waals surface area contributed by atoms with Gasteiger partial charge >= 0.3 is 0 Å². The summed E-state index contributed by atoms with van der Waals surface area (Å²) in [4.78, 5) is 13.2. The third kappa shape index (κ3) is 3.97. The molecule has 0 aliphatic carbocycles. The first-order valence-corrected chi connectivity index (χ1v) is 9.32. The van der Waals surface area contributed by atoms with Gasteiger partial charge in [-0.3, -0.25) is 4.79 Å². The van der Waals surface area contributed by atoms with Gasteiger partial charge in [-0.15, -0.1) is 0 Å². The zero-order chi connectivity index (χ0) is 17.1. The lowest BCUT2D eigenvalue weighted by atomic mass is 9.85. The second kappa shape index (κ2) is 7.64. The van der Waals surface area contributed by atoms with Crippen molar-refractivity contribution in [3.05, 3.63) is 103 Å². The lowest BCUT2D eigenvalue weighted by Crippen LogP contribution is -2.14. The molecule has 3 rings (SSSR count).